The van der Waals surface area contributed by atoms with E-state index in [0.717, 1.165) is 11.4 Å². The van der Waals surface area contributed by atoms with E-state index in [0.29, 0.717) is 32.8 Å². The lowest BCUT2D eigenvalue weighted by atomic mass is 10.2. The van der Waals surface area contributed by atoms with Crippen LogP contribution in [0.5, 0.6) is 5.75 Å². The van der Waals surface area contributed by atoms with Crippen LogP contribution in [0.1, 0.15) is 13.8 Å². The Balaban J connectivity index is 1.96. The molecule has 1 fully saturated rings. The summed E-state index contributed by atoms with van der Waals surface area (Å²) in [5, 5.41) is 12.2. The van der Waals surface area contributed by atoms with Crippen LogP contribution in [-0.4, -0.2) is 54.4 Å². The van der Waals surface area contributed by atoms with Crippen LogP contribution in [0.4, 0.5) is 5.69 Å². The van der Waals surface area contributed by atoms with E-state index in [9.17, 15) is 14.9 Å². The van der Waals surface area contributed by atoms with Gasteiger partial charge in [-0.15, -0.1) is 0 Å². The molecule has 1 aliphatic rings. The minimum atomic E-state index is -0.330. The fourth-order valence-electron chi connectivity index (χ4n) is 2.51. The fraction of sp³-hybridized carbons (Fsp3) is 0.389. The number of carbonyl (C=O) groups excluding carboxylic acids is 2. The van der Waals surface area contributed by atoms with Gasteiger partial charge in [-0.25, -0.2) is 0 Å². The first-order chi connectivity index (χ1) is 12.0. The molecule has 2 amide bonds. The van der Waals surface area contributed by atoms with Crippen molar-refractivity contribution in [3.05, 3.63) is 36.0 Å². The second-order valence-electron chi connectivity index (χ2n) is 5.57. The van der Waals surface area contributed by atoms with Crippen molar-refractivity contribution in [2.45, 2.75) is 13.8 Å². The summed E-state index contributed by atoms with van der Waals surface area (Å²) >= 11 is 0. The highest BCUT2D eigenvalue weighted by atomic mass is 16.5. The van der Waals surface area contributed by atoms with Crippen LogP contribution in [0, 0.1) is 11.3 Å². The van der Waals surface area contributed by atoms with Crippen molar-refractivity contribution in [2.24, 2.45) is 0 Å². The van der Waals surface area contributed by atoms with E-state index in [1.807, 2.05) is 37.3 Å². The maximum atomic E-state index is 12.4. The van der Waals surface area contributed by atoms with Gasteiger partial charge in [0.1, 0.15) is 17.4 Å². The molecule has 7 nitrogen and oxygen atoms in total. The second kappa shape index (κ2) is 8.73. The Bertz CT molecular complexity index is 683. The highest BCUT2D eigenvalue weighted by Gasteiger charge is 2.24. The van der Waals surface area contributed by atoms with Gasteiger partial charge >= 0.3 is 0 Å². The molecule has 0 atom stereocenters. The Morgan fingerprint density at radius 3 is 2.32 bits per heavy atom. The molecule has 0 unspecified atom stereocenters. The fourth-order valence-corrected chi connectivity index (χ4v) is 2.51. The Kier molecular flexibility index (Phi) is 6.40. The smallest absolute Gasteiger partial charge is 0.266 e. The SMILES string of the molecule is CCOc1ccc(N/C=C(/C#N)C(=O)N2CCN(C(C)=O)CC2)cc1. The average Bonchev–Trinajstić information content (AvgIpc) is 2.63. The molecule has 1 N–H and O–H groups in total. The second-order valence-corrected chi connectivity index (χ2v) is 5.57. The summed E-state index contributed by atoms with van der Waals surface area (Å²) in [4.78, 5) is 27.1. The van der Waals surface area contributed by atoms with E-state index in [1.54, 1.807) is 9.80 Å². The summed E-state index contributed by atoms with van der Waals surface area (Å²) in [6.45, 7) is 5.87. The van der Waals surface area contributed by atoms with Gasteiger partial charge in [-0.3, -0.25) is 9.59 Å². The van der Waals surface area contributed by atoms with Crippen LogP contribution in [-0.2, 0) is 9.59 Å². The molecular formula is C18H22N4O3. The number of nitrogens with zero attached hydrogens (tertiary/aromatic N) is 3. The molecule has 1 aromatic carbocycles. The number of hydrogen-bond acceptors (Lipinski definition) is 5. The van der Waals surface area contributed by atoms with Gasteiger partial charge in [-0.1, -0.05) is 0 Å². The van der Waals surface area contributed by atoms with Crippen LogP contribution in [0.25, 0.3) is 0 Å². The summed E-state index contributed by atoms with van der Waals surface area (Å²) in [5.41, 5.74) is 0.788. The van der Waals surface area contributed by atoms with E-state index < -0.39 is 0 Å². The highest BCUT2D eigenvalue weighted by molar-refractivity contribution is 5.97. The van der Waals surface area contributed by atoms with Crippen molar-refractivity contribution in [3.8, 4) is 11.8 Å². The molecule has 0 radical (unpaired) electrons. The van der Waals surface area contributed by atoms with Gasteiger partial charge in [0.05, 0.1) is 6.61 Å². The van der Waals surface area contributed by atoms with Gasteiger partial charge in [-0.2, -0.15) is 5.26 Å². The summed E-state index contributed by atoms with van der Waals surface area (Å²) in [6, 6.07) is 9.19. The molecule has 25 heavy (non-hydrogen) atoms. The maximum Gasteiger partial charge on any atom is 0.266 e. The summed E-state index contributed by atoms with van der Waals surface area (Å²) in [5.74, 6) is 0.432. The zero-order valence-corrected chi connectivity index (χ0v) is 14.5. The predicted octanol–water partition coefficient (Wildman–Crippen LogP) is 1.60. The number of nitrogens with one attached hydrogen (secondary N) is 1. The Hall–Kier alpha value is -3.01. The van der Waals surface area contributed by atoms with Crippen molar-refractivity contribution in [1.29, 1.82) is 5.26 Å². The number of carbonyl (C=O) groups is 2. The van der Waals surface area contributed by atoms with Crippen LogP contribution >= 0.6 is 0 Å². The van der Waals surface area contributed by atoms with Gasteiger partial charge in [0.2, 0.25) is 5.91 Å². The van der Waals surface area contributed by atoms with E-state index >= 15 is 0 Å². The number of nitriles is 1. The minimum Gasteiger partial charge on any atom is -0.494 e. The normalized spacial score (nSPS) is 14.7. The molecule has 7 heteroatoms. The molecule has 1 aromatic rings. The Morgan fingerprint density at radius 2 is 1.80 bits per heavy atom. The molecule has 1 heterocycles. The van der Waals surface area contributed by atoms with E-state index in [-0.39, 0.29) is 17.4 Å². The third-order valence-corrected chi connectivity index (χ3v) is 3.91. The molecule has 0 aromatic heterocycles. The summed E-state index contributed by atoms with van der Waals surface area (Å²) < 4.78 is 5.37. The predicted molar refractivity (Wildman–Crippen MR) is 93.8 cm³/mol. The highest BCUT2D eigenvalue weighted by Crippen LogP contribution is 2.16. The van der Waals surface area contributed by atoms with Gasteiger partial charge < -0.3 is 19.9 Å². The lowest BCUT2D eigenvalue weighted by molar-refractivity contribution is -0.136. The van der Waals surface area contributed by atoms with E-state index in [1.165, 1.54) is 13.1 Å². The third kappa shape index (κ3) is 4.98. The van der Waals surface area contributed by atoms with Crippen molar-refractivity contribution in [3.63, 3.8) is 0 Å². The first-order valence-electron chi connectivity index (χ1n) is 8.19. The van der Waals surface area contributed by atoms with Crippen molar-refractivity contribution in [2.75, 3.05) is 38.1 Å². The quantitative estimate of drug-likeness (QED) is 0.649. The number of amides is 2. The number of piperazine rings is 1. The third-order valence-electron chi connectivity index (χ3n) is 3.91. The van der Waals surface area contributed by atoms with Gasteiger partial charge in [-0.05, 0) is 31.2 Å². The van der Waals surface area contributed by atoms with Gasteiger partial charge in [0.25, 0.3) is 5.91 Å². The molecule has 1 saturated heterocycles. The number of benzene rings is 1. The molecule has 1 aliphatic heterocycles. The average molecular weight is 342 g/mol. The summed E-state index contributed by atoms with van der Waals surface area (Å²) in [7, 11) is 0. The zero-order valence-electron chi connectivity index (χ0n) is 14.5. The molecule has 0 aliphatic carbocycles. The number of rotatable bonds is 5. The largest absolute Gasteiger partial charge is 0.494 e. The molecule has 0 bridgehead atoms. The number of ether oxygens (including phenoxy) is 1. The molecule has 0 spiro atoms. The first kappa shape index (κ1) is 18.3. The van der Waals surface area contributed by atoms with E-state index in [2.05, 4.69) is 5.32 Å². The van der Waals surface area contributed by atoms with Crippen LogP contribution in [0.15, 0.2) is 36.0 Å². The van der Waals surface area contributed by atoms with E-state index in [4.69, 9.17) is 4.74 Å². The van der Waals surface area contributed by atoms with Gasteiger partial charge in [0.15, 0.2) is 0 Å². The topological polar surface area (TPSA) is 85.7 Å². The van der Waals surface area contributed by atoms with Crippen LogP contribution in [0.3, 0.4) is 0 Å². The molecule has 132 valence electrons. The molecule has 0 saturated carbocycles. The van der Waals surface area contributed by atoms with Crippen LogP contribution < -0.4 is 10.1 Å². The maximum absolute atomic E-state index is 12.4. The minimum absolute atomic E-state index is 0.000291. The Morgan fingerprint density at radius 1 is 1.20 bits per heavy atom. The van der Waals surface area contributed by atoms with Gasteiger partial charge in [0, 0.05) is 45.0 Å². The Labute approximate surface area is 147 Å². The number of hydrogen-bond donors (Lipinski definition) is 1. The first-order valence-corrected chi connectivity index (χ1v) is 8.19. The summed E-state index contributed by atoms with van der Waals surface area (Å²) in [6.07, 6.45) is 1.41. The standard InChI is InChI=1S/C18H22N4O3/c1-3-25-17-6-4-16(5-7-17)20-13-15(12-19)18(24)22-10-8-21(9-11-22)14(2)23/h4-7,13,20H,3,8-11H2,1-2H3/b15-13-. The lowest BCUT2D eigenvalue weighted by Crippen LogP contribution is -2.50. The van der Waals surface area contributed by atoms with Crippen LogP contribution in [0.2, 0.25) is 0 Å². The monoisotopic (exact) mass is 342 g/mol. The zero-order chi connectivity index (χ0) is 18.2. The lowest BCUT2D eigenvalue weighted by Gasteiger charge is -2.34. The number of anilines is 1. The molecular weight excluding hydrogens is 320 g/mol. The van der Waals surface area contributed by atoms with Crippen molar-refractivity contribution < 1.29 is 14.3 Å². The van der Waals surface area contributed by atoms with Crippen molar-refractivity contribution in [1.82, 2.24) is 9.80 Å². The van der Waals surface area contributed by atoms with Crippen molar-refractivity contribution >= 4 is 17.5 Å². The molecule has 2 rings (SSSR count).